The van der Waals surface area contributed by atoms with Crippen molar-refractivity contribution in [3.05, 3.63) is 33.9 Å². The number of amides is 1. The number of nitrogens with zero attached hydrogens (tertiary/aromatic N) is 1. The Balaban J connectivity index is 3.28. The second-order valence-electron chi connectivity index (χ2n) is 3.37. The summed E-state index contributed by atoms with van der Waals surface area (Å²) in [7, 11) is 2.67. The first-order chi connectivity index (χ1) is 9.03. The Morgan fingerprint density at radius 3 is 2.58 bits per heavy atom. The van der Waals surface area contributed by atoms with Crippen molar-refractivity contribution in [2.24, 2.45) is 5.84 Å². The number of nitrogens with one attached hydrogen (secondary N) is 1. The highest BCUT2D eigenvalue weighted by Gasteiger charge is 2.20. The Hall–Kier alpha value is -2.61. The van der Waals surface area contributed by atoms with Crippen LogP contribution in [0.25, 0.3) is 6.08 Å². The van der Waals surface area contributed by atoms with Gasteiger partial charge >= 0.3 is 5.69 Å². The molecule has 0 heterocycles. The predicted molar refractivity (Wildman–Crippen MR) is 67.6 cm³/mol. The van der Waals surface area contributed by atoms with Gasteiger partial charge in [0.2, 0.25) is 5.75 Å². The number of nitro groups is 1. The van der Waals surface area contributed by atoms with E-state index in [9.17, 15) is 14.9 Å². The topological polar surface area (TPSA) is 117 Å². The smallest absolute Gasteiger partial charge is 0.315 e. The number of hydrazine groups is 1. The van der Waals surface area contributed by atoms with E-state index in [4.69, 9.17) is 15.3 Å². The quantitative estimate of drug-likeness (QED) is 0.265. The molecule has 102 valence electrons. The fraction of sp³-hybridized carbons (Fsp3) is 0.182. The zero-order chi connectivity index (χ0) is 14.4. The molecule has 1 rings (SSSR count). The maximum Gasteiger partial charge on any atom is 0.315 e. The lowest BCUT2D eigenvalue weighted by molar-refractivity contribution is -0.385. The number of nitro benzene ring substituents is 1. The van der Waals surface area contributed by atoms with Gasteiger partial charge < -0.3 is 9.47 Å². The molecule has 0 unspecified atom stereocenters. The number of benzene rings is 1. The van der Waals surface area contributed by atoms with Crippen molar-refractivity contribution in [2.75, 3.05) is 14.2 Å². The molecule has 0 aliphatic heterocycles. The van der Waals surface area contributed by atoms with Crippen LogP contribution < -0.4 is 20.7 Å². The van der Waals surface area contributed by atoms with Crippen LogP contribution in [-0.4, -0.2) is 25.1 Å². The summed E-state index contributed by atoms with van der Waals surface area (Å²) in [6, 6.07) is 2.77. The minimum absolute atomic E-state index is 0.0212. The van der Waals surface area contributed by atoms with Gasteiger partial charge in [-0.15, -0.1) is 0 Å². The van der Waals surface area contributed by atoms with Crippen LogP contribution in [0.3, 0.4) is 0 Å². The van der Waals surface area contributed by atoms with Crippen LogP contribution in [-0.2, 0) is 4.79 Å². The Morgan fingerprint density at radius 1 is 1.42 bits per heavy atom. The summed E-state index contributed by atoms with van der Waals surface area (Å²) >= 11 is 0. The van der Waals surface area contributed by atoms with E-state index in [1.54, 1.807) is 0 Å². The standard InChI is InChI=1S/C11H13N3O5/c1-18-9-6-7(3-4-10(15)13-12)5-8(14(16)17)11(9)19-2/h3-6H,12H2,1-2H3,(H,13,15)/b4-3+. The molecule has 0 saturated heterocycles. The maximum absolute atomic E-state index is 11.0. The minimum Gasteiger partial charge on any atom is -0.493 e. The first kappa shape index (κ1) is 14.5. The Kier molecular flexibility index (Phi) is 4.84. The zero-order valence-electron chi connectivity index (χ0n) is 10.4. The molecule has 0 spiro atoms. The Bertz CT molecular complexity index is 527. The van der Waals surface area contributed by atoms with E-state index in [2.05, 4.69) is 0 Å². The molecule has 1 aromatic carbocycles. The summed E-state index contributed by atoms with van der Waals surface area (Å²) in [6.07, 6.45) is 2.52. The van der Waals surface area contributed by atoms with E-state index in [1.165, 1.54) is 32.4 Å². The van der Waals surface area contributed by atoms with E-state index < -0.39 is 10.8 Å². The molecule has 0 fully saturated rings. The van der Waals surface area contributed by atoms with Crippen molar-refractivity contribution in [1.29, 1.82) is 0 Å². The average molecular weight is 267 g/mol. The fourth-order valence-corrected chi connectivity index (χ4v) is 1.42. The van der Waals surface area contributed by atoms with Gasteiger partial charge in [0, 0.05) is 12.1 Å². The summed E-state index contributed by atoms with van der Waals surface area (Å²) in [6.45, 7) is 0. The van der Waals surface area contributed by atoms with E-state index in [0.29, 0.717) is 5.56 Å². The van der Waals surface area contributed by atoms with Crippen LogP contribution in [0, 0.1) is 10.1 Å². The third-order valence-electron chi connectivity index (χ3n) is 2.25. The van der Waals surface area contributed by atoms with Crippen molar-refractivity contribution in [3.63, 3.8) is 0 Å². The van der Waals surface area contributed by atoms with Crippen LogP contribution in [0.2, 0.25) is 0 Å². The molecule has 0 aromatic heterocycles. The Labute approximate surface area is 108 Å². The molecule has 1 amide bonds. The first-order valence-electron chi connectivity index (χ1n) is 5.12. The summed E-state index contributed by atoms with van der Waals surface area (Å²) in [5.74, 6) is 4.60. The van der Waals surface area contributed by atoms with Crippen LogP contribution in [0.1, 0.15) is 5.56 Å². The average Bonchev–Trinajstić information content (AvgIpc) is 2.43. The van der Waals surface area contributed by atoms with Crippen molar-refractivity contribution in [2.45, 2.75) is 0 Å². The van der Waals surface area contributed by atoms with Gasteiger partial charge in [0.05, 0.1) is 19.1 Å². The second kappa shape index (κ2) is 6.36. The highest BCUT2D eigenvalue weighted by atomic mass is 16.6. The predicted octanol–water partition coefficient (Wildman–Crippen LogP) is 0.615. The summed E-state index contributed by atoms with van der Waals surface area (Å²) < 4.78 is 9.95. The van der Waals surface area contributed by atoms with Gasteiger partial charge in [-0.1, -0.05) is 0 Å². The SMILES string of the molecule is COc1cc(/C=C/C(=O)NN)cc([N+](=O)[O-])c1OC. The number of carbonyl (C=O) groups excluding carboxylic acids is 1. The van der Waals surface area contributed by atoms with Crippen LogP contribution in [0.5, 0.6) is 11.5 Å². The molecule has 3 N–H and O–H groups in total. The van der Waals surface area contributed by atoms with Gasteiger partial charge in [0.25, 0.3) is 5.91 Å². The second-order valence-corrected chi connectivity index (χ2v) is 3.37. The number of nitrogens with two attached hydrogens (primary N) is 1. The third-order valence-corrected chi connectivity index (χ3v) is 2.25. The maximum atomic E-state index is 11.0. The molecule has 0 aliphatic carbocycles. The number of methoxy groups -OCH3 is 2. The highest BCUT2D eigenvalue weighted by molar-refractivity contribution is 5.91. The molecular weight excluding hydrogens is 254 g/mol. The Morgan fingerprint density at radius 2 is 2.11 bits per heavy atom. The van der Waals surface area contributed by atoms with E-state index >= 15 is 0 Å². The largest absolute Gasteiger partial charge is 0.493 e. The molecule has 0 aliphatic rings. The van der Waals surface area contributed by atoms with Crippen molar-refractivity contribution in [1.82, 2.24) is 5.43 Å². The summed E-state index contributed by atoms with van der Waals surface area (Å²) in [4.78, 5) is 21.3. The number of hydrogen-bond donors (Lipinski definition) is 2. The number of hydrogen-bond acceptors (Lipinski definition) is 6. The summed E-state index contributed by atoms with van der Waals surface area (Å²) in [5.41, 5.74) is 2.06. The molecular formula is C11H13N3O5. The minimum atomic E-state index is -0.596. The molecule has 8 nitrogen and oxygen atoms in total. The van der Waals surface area contributed by atoms with Crippen molar-refractivity contribution >= 4 is 17.7 Å². The van der Waals surface area contributed by atoms with Crippen molar-refractivity contribution < 1.29 is 19.2 Å². The highest BCUT2D eigenvalue weighted by Crippen LogP contribution is 2.38. The lowest BCUT2D eigenvalue weighted by Gasteiger charge is -2.08. The molecule has 19 heavy (non-hydrogen) atoms. The normalized spacial score (nSPS) is 10.3. The van der Waals surface area contributed by atoms with Gasteiger partial charge in [-0.25, -0.2) is 5.84 Å². The molecule has 0 saturated carbocycles. The van der Waals surface area contributed by atoms with Crippen molar-refractivity contribution in [3.8, 4) is 11.5 Å². The van der Waals surface area contributed by atoms with Crippen LogP contribution >= 0.6 is 0 Å². The molecule has 0 radical (unpaired) electrons. The lowest BCUT2D eigenvalue weighted by atomic mass is 10.1. The van der Waals surface area contributed by atoms with E-state index in [-0.39, 0.29) is 17.2 Å². The zero-order valence-corrected chi connectivity index (χ0v) is 10.4. The first-order valence-corrected chi connectivity index (χ1v) is 5.12. The number of rotatable bonds is 5. The third kappa shape index (κ3) is 3.42. The molecule has 0 atom stereocenters. The number of carbonyl (C=O) groups is 1. The van der Waals surface area contributed by atoms with E-state index in [1.807, 2.05) is 5.43 Å². The van der Waals surface area contributed by atoms with Crippen LogP contribution in [0.4, 0.5) is 5.69 Å². The molecule has 8 heteroatoms. The van der Waals surface area contributed by atoms with E-state index in [0.717, 1.165) is 6.08 Å². The van der Waals surface area contributed by atoms with Gasteiger partial charge in [0.1, 0.15) is 0 Å². The van der Waals surface area contributed by atoms with Gasteiger partial charge in [-0.3, -0.25) is 20.3 Å². The van der Waals surface area contributed by atoms with Gasteiger partial charge in [-0.05, 0) is 17.7 Å². The monoisotopic (exact) mass is 267 g/mol. The van der Waals surface area contributed by atoms with Gasteiger partial charge in [0.15, 0.2) is 5.75 Å². The fourth-order valence-electron chi connectivity index (χ4n) is 1.42. The van der Waals surface area contributed by atoms with Gasteiger partial charge in [-0.2, -0.15) is 0 Å². The summed E-state index contributed by atoms with van der Waals surface area (Å²) in [5, 5.41) is 10.9. The van der Waals surface area contributed by atoms with Crippen LogP contribution in [0.15, 0.2) is 18.2 Å². The molecule has 0 bridgehead atoms. The lowest BCUT2D eigenvalue weighted by Crippen LogP contribution is -2.27. The number of ether oxygens (including phenoxy) is 2. The molecule has 1 aromatic rings.